The fourth-order valence-electron chi connectivity index (χ4n) is 4.03. The van der Waals surface area contributed by atoms with Gasteiger partial charge in [-0.25, -0.2) is 4.79 Å². The molecular weight excluding hydrogens is 480 g/mol. The molecule has 0 radical (unpaired) electrons. The number of carboxylic acid groups (broad SMARTS) is 1. The predicted octanol–water partition coefficient (Wildman–Crippen LogP) is 0.0798. The highest BCUT2D eigenvalue weighted by Crippen LogP contribution is 2.40. The summed E-state index contributed by atoms with van der Waals surface area (Å²) in [6.45, 7) is 0.227. The van der Waals surface area contributed by atoms with Crippen LogP contribution in [0.2, 0.25) is 0 Å². The average Bonchev–Trinajstić information content (AvgIpc) is 3.49. The Labute approximate surface area is 201 Å². The van der Waals surface area contributed by atoms with Gasteiger partial charge in [0.05, 0.1) is 11.6 Å². The SMILES string of the molecule is CON=C(C(=O)NC1C(=O)N2C(C(=O)O)=C(C[n+]3cccc4ccoc43)CS[C@H]12)c1coc(N)n1. The first-order chi connectivity index (χ1) is 16.9. The van der Waals surface area contributed by atoms with Crippen LogP contribution in [0.3, 0.4) is 0 Å². The molecule has 5 rings (SSSR count). The number of nitrogens with one attached hydrogen (secondary N) is 1. The number of furan rings is 1. The number of fused-ring (bicyclic) bond motifs is 2. The van der Waals surface area contributed by atoms with Crippen molar-refractivity contribution in [3.05, 3.63) is 53.9 Å². The fraction of sp³-hybridized carbons (Fsp3) is 0.238. The topological polar surface area (TPSA) is 177 Å². The first-order valence-electron chi connectivity index (χ1n) is 10.3. The molecule has 14 heteroatoms. The summed E-state index contributed by atoms with van der Waals surface area (Å²) in [6, 6.07) is 4.39. The number of hydrogen-bond donors (Lipinski definition) is 3. The Hall–Kier alpha value is -4.33. The summed E-state index contributed by atoms with van der Waals surface area (Å²) in [6.07, 6.45) is 4.47. The molecule has 2 atom stereocenters. The number of β-lactam (4-membered cyclic amide) rings is 1. The number of aromatic nitrogens is 2. The van der Waals surface area contributed by atoms with Crippen molar-refractivity contribution >= 4 is 52.4 Å². The molecule has 2 aliphatic rings. The number of nitrogen functional groups attached to an aromatic ring is 1. The second kappa shape index (κ2) is 8.79. The molecule has 180 valence electrons. The van der Waals surface area contributed by atoms with Gasteiger partial charge in [0.1, 0.15) is 36.2 Å². The standard InChI is InChI=1S/C21H18N6O7S/c1-32-25-13(12-8-34-21(22)23-12)16(28)24-14-17(29)27-15(20(30)31)11(9-35-19(14)27)7-26-5-2-3-10-4-6-33-18(10)26/h2-6,8,14,19H,7,9H2,1H3,(H3-,22,23,24,28,30,31)/p+1/t14?,19-/m1/s1. The number of nitrogens with two attached hydrogens (primary N) is 1. The maximum absolute atomic E-state index is 13.0. The molecule has 0 saturated carbocycles. The highest BCUT2D eigenvalue weighted by Gasteiger charge is 2.55. The quantitative estimate of drug-likeness (QED) is 0.175. The third-order valence-electron chi connectivity index (χ3n) is 5.54. The molecule has 13 nitrogen and oxygen atoms in total. The van der Waals surface area contributed by atoms with Gasteiger partial charge in [-0.05, 0) is 12.1 Å². The van der Waals surface area contributed by atoms with Gasteiger partial charge >= 0.3 is 11.7 Å². The Morgan fingerprint density at radius 1 is 1.43 bits per heavy atom. The average molecular weight is 499 g/mol. The Balaban J connectivity index is 1.38. The van der Waals surface area contributed by atoms with Crippen molar-refractivity contribution < 1.29 is 37.7 Å². The number of hydrogen-bond acceptors (Lipinski definition) is 10. The minimum Gasteiger partial charge on any atom is -0.477 e. The Morgan fingerprint density at radius 2 is 2.26 bits per heavy atom. The van der Waals surface area contributed by atoms with E-state index in [1.165, 1.54) is 23.8 Å². The van der Waals surface area contributed by atoms with Crippen molar-refractivity contribution in [2.24, 2.45) is 5.16 Å². The summed E-state index contributed by atoms with van der Waals surface area (Å²) in [5.41, 5.74) is 6.29. The fourth-order valence-corrected chi connectivity index (χ4v) is 5.36. The van der Waals surface area contributed by atoms with Crippen molar-refractivity contribution in [1.82, 2.24) is 15.2 Å². The predicted molar refractivity (Wildman–Crippen MR) is 121 cm³/mol. The third kappa shape index (κ3) is 3.86. The minimum absolute atomic E-state index is 0.0271. The van der Waals surface area contributed by atoms with Crippen molar-refractivity contribution in [2.45, 2.75) is 18.0 Å². The molecule has 0 aromatic carbocycles. The summed E-state index contributed by atoms with van der Waals surface area (Å²) in [5.74, 6) is -2.19. The number of oxime groups is 1. The van der Waals surface area contributed by atoms with Crippen LogP contribution < -0.4 is 15.6 Å². The number of carbonyl (C=O) groups excluding carboxylic acids is 2. The molecule has 1 fully saturated rings. The number of oxazole rings is 1. The monoisotopic (exact) mass is 499 g/mol. The number of rotatable bonds is 7. The molecule has 5 heterocycles. The number of pyridine rings is 1. The molecule has 35 heavy (non-hydrogen) atoms. The van der Waals surface area contributed by atoms with Crippen LogP contribution in [-0.4, -0.2) is 62.8 Å². The summed E-state index contributed by atoms with van der Waals surface area (Å²) >= 11 is 1.35. The first kappa shape index (κ1) is 22.5. The molecule has 0 bridgehead atoms. The summed E-state index contributed by atoms with van der Waals surface area (Å²) < 4.78 is 12.2. The van der Waals surface area contributed by atoms with Gasteiger partial charge in [-0.2, -0.15) is 9.55 Å². The zero-order valence-corrected chi connectivity index (χ0v) is 19.0. The molecule has 1 saturated heterocycles. The van der Waals surface area contributed by atoms with Crippen molar-refractivity contribution in [2.75, 3.05) is 18.6 Å². The highest BCUT2D eigenvalue weighted by atomic mass is 32.2. The van der Waals surface area contributed by atoms with Crippen molar-refractivity contribution in [1.29, 1.82) is 0 Å². The van der Waals surface area contributed by atoms with Gasteiger partial charge in [-0.3, -0.25) is 14.5 Å². The number of carboxylic acids is 1. The molecule has 0 spiro atoms. The lowest BCUT2D eigenvalue weighted by Crippen LogP contribution is -2.71. The van der Waals surface area contributed by atoms with E-state index in [4.69, 9.17) is 19.4 Å². The lowest BCUT2D eigenvalue weighted by molar-refractivity contribution is -0.669. The van der Waals surface area contributed by atoms with E-state index in [1.807, 2.05) is 18.2 Å². The number of anilines is 1. The van der Waals surface area contributed by atoms with Crippen LogP contribution in [0.5, 0.6) is 0 Å². The second-order valence-electron chi connectivity index (χ2n) is 7.63. The maximum Gasteiger partial charge on any atom is 0.380 e. The highest BCUT2D eigenvalue weighted by molar-refractivity contribution is 8.00. The normalized spacial score (nSPS) is 20.0. The van der Waals surface area contributed by atoms with Crippen LogP contribution >= 0.6 is 11.8 Å². The molecule has 0 aliphatic carbocycles. The van der Waals surface area contributed by atoms with Gasteiger partial charge in [-0.15, -0.1) is 11.8 Å². The molecule has 2 amide bonds. The Kier molecular flexibility index (Phi) is 5.64. The number of carbonyl (C=O) groups is 3. The lowest BCUT2D eigenvalue weighted by Gasteiger charge is -2.49. The van der Waals surface area contributed by atoms with E-state index in [9.17, 15) is 19.5 Å². The molecular formula is C21H19N6O7S+. The summed E-state index contributed by atoms with van der Waals surface area (Å²) in [4.78, 5) is 47.7. The van der Waals surface area contributed by atoms with Crippen LogP contribution in [0.15, 0.2) is 62.2 Å². The van der Waals surface area contributed by atoms with E-state index in [0.29, 0.717) is 17.0 Å². The molecule has 1 unspecified atom stereocenters. The van der Waals surface area contributed by atoms with E-state index in [1.54, 1.807) is 17.0 Å². The van der Waals surface area contributed by atoms with Crippen molar-refractivity contribution in [3.63, 3.8) is 0 Å². The smallest absolute Gasteiger partial charge is 0.380 e. The van der Waals surface area contributed by atoms with Gasteiger partial charge in [0.15, 0.2) is 18.5 Å². The van der Waals surface area contributed by atoms with E-state index in [0.717, 1.165) is 11.6 Å². The van der Waals surface area contributed by atoms with Gasteiger partial charge in [0, 0.05) is 17.4 Å². The Morgan fingerprint density at radius 3 is 2.97 bits per heavy atom. The number of nitrogens with zero attached hydrogens (tertiary/aromatic N) is 4. The first-order valence-corrected chi connectivity index (χ1v) is 11.3. The zero-order valence-electron chi connectivity index (χ0n) is 18.2. The van der Waals surface area contributed by atoms with E-state index >= 15 is 0 Å². The number of aliphatic carboxylic acids is 1. The van der Waals surface area contributed by atoms with E-state index < -0.39 is 29.2 Å². The molecule has 3 aromatic rings. The molecule has 2 aliphatic heterocycles. The molecule has 4 N–H and O–H groups in total. The van der Waals surface area contributed by atoms with Crippen LogP contribution in [0.1, 0.15) is 5.69 Å². The van der Waals surface area contributed by atoms with Crippen LogP contribution in [0.4, 0.5) is 6.01 Å². The largest absolute Gasteiger partial charge is 0.477 e. The van der Waals surface area contributed by atoms with Crippen LogP contribution in [0, 0.1) is 0 Å². The van der Waals surface area contributed by atoms with Crippen LogP contribution in [0.25, 0.3) is 11.1 Å². The molecule has 3 aromatic heterocycles. The van der Waals surface area contributed by atoms with E-state index in [2.05, 4.69) is 15.5 Å². The zero-order chi connectivity index (χ0) is 24.7. The van der Waals surface area contributed by atoms with Gasteiger partial charge in [0.25, 0.3) is 17.8 Å². The maximum atomic E-state index is 13.0. The van der Waals surface area contributed by atoms with E-state index in [-0.39, 0.29) is 29.7 Å². The number of amides is 2. The minimum atomic E-state index is -1.23. The third-order valence-corrected chi connectivity index (χ3v) is 6.88. The lowest BCUT2D eigenvalue weighted by atomic mass is 10.0. The number of thioether (sulfide) groups is 1. The second-order valence-corrected chi connectivity index (χ2v) is 8.73. The summed E-state index contributed by atoms with van der Waals surface area (Å²) in [5, 5.41) is 16.4. The van der Waals surface area contributed by atoms with Gasteiger partial charge < -0.3 is 29.8 Å². The Bertz CT molecular complexity index is 1410. The van der Waals surface area contributed by atoms with Crippen molar-refractivity contribution in [3.8, 4) is 0 Å². The van der Waals surface area contributed by atoms with Gasteiger partial charge in [-0.1, -0.05) is 5.16 Å². The van der Waals surface area contributed by atoms with Gasteiger partial charge in [0.2, 0.25) is 0 Å². The van der Waals surface area contributed by atoms with Crippen LogP contribution in [-0.2, 0) is 25.8 Å². The summed E-state index contributed by atoms with van der Waals surface area (Å²) in [7, 11) is 1.25.